The zero-order valence-corrected chi connectivity index (χ0v) is 14.1. The van der Waals surface area contributed by atoms with Crippen molar-refractivity contribution >= 4 is 0 Å². The zero-order chi connectivity index (χ0) is 10.9. The van der Waals surface area contributed by atoms with Gasteiger partial charge in [0.05, 0.1) is 0 Å². The Bertz CT molecular complexity index is 313. The number of halogens is 2. The first kappa shape index (κ1) is 23.2. The van der Waals surface area contributed by atoms with E-state index in [2.05, 4.69) is 44.2 Å². The van der Waals surface area contributed by atoms with Gasteiger partial charge in [0, 0.05) is 0 Å². The maximum absolute atomic E-state index is 3.30. The molecule has 98 valence electrons. The molecule has 0 radical (unpaired) electrons. The third-order valence-corrected chi connectivity index (χ3v) is 2.40. The summed E-state index contributed by atoms with van der Waals surface area (Å²) in [4.78, 5) is 0. The second-order valence-corrected chi connectivity index (χ2v) is 3.87. The third-order valence-electron chi connectivity index (χ3n) is 2.40. The van der Waals surface area contributed by atoms with Crippen molar-refractivity contribution in [1.29, 1.82) is 0 Å². The molecule has 1 aromatic carbocycles. The molecule has 0 N–H and O–H groups in total. The van der Waals surface area contributed by atoms with Crippen LogP contribution >= 0.6 is 0 Å². The van der Waals surface area contributed by atoms with Gasteiger partial charge in [0.15, 0.2) is 0 Å². The zero-order valence-electron chi connectivity index (χ0n) is 11.0. The molecule has 0 spiro atoms. The molecule has 1 aliphatic carbocycles. The predicted molar refractivity (Wildman–Crippen MR) is 66.8 cm³/mol. The van der Waals surface area contributed by atoms with Crippen LogP contribution in [0.3, 0.4) is 0 Å². The molecule has 0 saturated heterocycles. The Hall–Kier alpha value is 0.124. The largest absolute Gasteiger partial charge is 4.00 e. The van der Waals surface area contributed by atoms with Crippen molar-refractivity contribution in [2.75, 3.05) is 0 Å². The minimum atomic E-state index is 0. The van der Waals surface area contributed by atoms with Gasteiger partial charge in [-0.25, -0.2) is 23.8 Å². The van der Waals surface area contributed by atoms with Gasteiger partial charge < -0.3 is 24.8 Å². The molecule has 0 fully saturated rings. The normalized spacial score (nSPS) is 11.1. The van der Waals surface area contributed by atoms with Crippen LogP contribution in [0, 0.1) is 13.0 Å². The fraction of sp³-hybridized carbons (Fsp3) is 0.400. The van der Waals surface area contributed by atoms with Crippen molar-refractivity contribution in [3.8, 4) is 0 Å². The summed E-state index contributed by atoms with van der Waals surface area (Å²) < 4.78 is 0. The Labute approximate surface area is 139 Å². The summed E-state index contributed by atoms with van der Waals surface area (Å²) in [7, 11) is 0. The van der Waals surface area contributed by atoms with Crippen molar-refractivity contribution in [3.63, 3.8) is 0 Å². The average molecular weight is 319 g/mol. The molecule has 0 heterocycles. The van der Waals surface area contributed by atoms with Gasteiger partial charge in [-0.1, -0.05) is 33.1 Å². The molecule has 2 rings (SSSR count). The van der Waals surface area contributed by atoms with Gasteiger partial charge in [-0.3, -0.25) is 6.08 Å². The summed E-state index contributed by atoms with van der Waals surface area (Å²) in [5, 5.41) is 0. The van der Waals surface area contributed by atoms with E-state index < -0.39 is 0 Å². The van der Waals surface area contributed by atoms with Crippen molar-refractivity contribution in [2.45, 2.75) is 39.5 Å². The smallest absolute Gasteiger partial charge is 1.00 e. The van der Waals surface area contributed by atoms with Crippen LogP contribution in [-0.2, 0) is 21.7 Å². The SMILES string of the molecule is CCCCC1=[C-]CC=C1.C[c-]1cccc1.[Cl-].[Cl-].[Ti+4]. The number of hydrogen-bond acceptors (Lipinski definition) is 0. The summed E-state index contributed by atoms with van der Waals surface area (Å²) in [5.41, 5.74) is 2.76. The van der Waals surface area contributed by atoms with Gasteiger partial charge in [0.1, 0.15) is 0 Å². The van der Waals surface area contributed by atoms with E-state index in [1.165, 1.54) is 30.4 Å². The Morgan fingerprint density at radius 2 is 1.83 bits per heavy atom. The molecule has 0 bridgehead atoms. The molecule has 1 aliphatic rings. The molecule has 0 amide bonds. The van der Waals surface area contributed by atoms with E-state index in [0.29, 0.717) is 0 Å². The van der Waals surface area contributed by atoms with Gasteiger partial charge in [0.2, 0.25) is 0 Å². The van der Waals surface area contributed by atoms with Crippen LogP contribution in [0.2, 0.25) is 0 Å². The molecular weight excluding hydrogens is 299 g/mol. The van der Waals surface area contributed by atoms with Crippen LogP contribution in [0.1, 0.15) is 38.2 Å². The Balaban J connectivity index is -0.000000225. The van der Waals surface area contributed by atoms with Crippen LogP contribution in [0.4, 0.5) is 0 Å². The summed E-state index contributed by atoms with van der Waals surface area (Å²) in [6, 6.07) is 8.24. The molecule has 0 saturated carbocycles. The first-order valence-electron chi connectivity index (χ1n) is 5.77. The first-order valence-corrected chi connectivity index (χ1v) is 5.77. The van der Waals surface area contributed by atoms with Crippen LogP contribution < -0.4 is 24.8 Å². The number of allylic oxidation sites excluding steroid dienone is 4. The van der Waals surface area contributed by atoms with Gasteiger partial charge in [-0.15, -0.1) is 6.42 Å². The van der Waals surface area contributed by atoms with Gasteiger partial charge in [-0.2, -0.15) is 23.8 Å². The fourth-order valence-corrected chi connectivity index (χ4v) is 1.46. The topological polar surface area (TPSA) is 0 Å². The van der Waals surface area contributed by atoms with E-state index in [0.717, 1.165) is 6.42 Å². The van der Waals surface area contributed by atoms with E-state index in [1.807, 2.05) is 12.1 Å². The number of hydrogen-bond donors (Lipinski definition) is 0. The minimum Gasteiger partial charge on any atom is -1.00 e. The van der Waals surface area contributed by atoms with Crippen molar-refractivity contribution < 1.29 is 46.5 Å². The molecule has 18 heavy (non-hydrogen) atoms. The van der Waals surface area contributed by atoms with Gasteiger partial charge in [-0.05, 0) is 0 Å². The van der Waals surface area contributed by atoms with Crippen LogP contribution in [0.5, 0.6) is 0 Å². The Morgan fingerprint density at radius 1 is 1.22 bits per heavy atom. The molecule has 0 atom stereocenters. The molecule has 0 aromatic heterocycles. The molecule has 3 heteroatoms. The Morgan fingerprint density at radius 3 is 2.17 bits per heavy atom. The van der Waals surface area contributed by atoms with Gasteiger partial charge >= 0.3 is 21.7 Å². The monoisotopic (exact) mass is 318 g/mol. The predicted octanol–water partition coefficient (Wildman–Crippen LogP) is -1.41. The fourth-order valence-electron chi connectivity index (χ4n) is 1.46. The maximum atomic E-state index is 3.30. The minimum absolute atomic E-state index is 0. The van der Waals surface area contributed by atoms with E-state index in [-0.39, 0.29) is 46.5 Å². The first-order chi connectivity index (χ1) is 7.33. The quantitative estimate of drug-likeness (QED) is 0.474. The third kappa shape index (κ3) is 11.2. The summed E-state index contributed by atoms with van der Waals surface area (Å²) in [5.74, 6) is 0. The van der Waals surface area contributed by atoms with Crippen molar-refractivity contribution in [2.24, 2.45) is 0 Å². The van der Waals surface area contributed by atoms with Crippen LogP contribution in [0.15, 0.2) is 42.0 Å². The Kier molecular flexibility index (Phi) is 19.6. The average Bonchev–Trinajstić information content (AvgIpc) is 2.88. The van der Waals surface area contributed by atoms with E-state index in [4.69, 9.17) is 0 Å². The van der Waals surface area contributed by atoms with Crippen molar-refractivity contribution in [1.82, 2.24) is 0 Å². The molecule has 0 nitrogen and oxygen atoms in total. The second-order valence-electron chi connectivity index (χ2n) is 3.87. The van der Waals surface area contributed by atoms with E-state index in [1.54, 1.807) is 0 Å². The maximum Gasteiger partial charge on any atom is 4.00 e. The standard InChI is InChI=1S/C9H13.C6H7.2ClH.Ti/c1-2-3-6-9-7-4-5-8-9;1-6-4-2-3-5-6;;;/h4,7H,2-3,5-6H2,1H3;2-5H,1H3;2*1H;/q2*-1;;;+4/p-2. The summed E-state index contributed by atoms with van der Waals surface area (Å²) >= 11 is 0. The molecular formula is C15H20Cl2Ti. The molecule has 0 aliphatic heterocycles. The van der Waals surface area contributed by atoms with E-state index in [9.17, 15) is 0 Å². The summed E-state index contributed by atoms with van der Waals surface area (Å²) in [6.45, 7) is 4.30. The molecule has 1 aromatic rings. The van der Waals surface area contributed by atoms with Crippen LogP contribution in [0.25, 0.3) is 0 Å². The number of aryl methyl sites for hydroxylation is 1. The van der Waals surface area contributed by atoms with Crippen molar-refractivity contribution in [3.05, 3.63) is 53.6 Å². The van der Waals surface area contributed by atoms with Crippen LogP contribution in [-0.4, -0.2) is 0 Å². The number of rotatable bonds is 3. The summed E-state index contributed by atoms with van der Waals surface area (Å²) in [6.07, 6.45) is 12.5. The number of unbranched alkanes of at least 4 members (excludes halogenated alkanes) is 1. The van der Waals surface area contributed by atoms with Gasteiger partial charge in [0.25, 0.3) is 0 Å². The van der Waals surface area contributed by atoms with E-state index >= 15 is 0 Å². The molecule has 0 unspecified atom stereocenters. The second kappa shape index (κ2) is 15.2.